The Bertz CT molecular complexity index is 1020. The molecule has 2 aliphatic rings. The summed E-state index contributed by atoms with van der Waals surface area (Å²) in [6, 6.07) is 15.5. The van der Waals surface area contributed by atoms with Crippen molar-refractivity contribution in [3.63, 3.8) is 0 Å². The molecular weight excluding hydrogens is 392 g/mol. The van der Waals surface area contributed by atoms with Gasteiger partial charge in [-0.05, 0) is 36.8 Å². The number of nitro benzene ring substituents is 1. The van der Waals surface area contributed by atoms with E-state index < -0.39 is 10.9 Å². The highest BCUT2D eigenvalue weighted by atomic mass is 32.2. The molecule has 2 aromatic carbocycles. The Morgan fingerprint density at radius 3 is 2.48 bits per heavy atom. The molecule has 7 nitrogen and oxygen atoms in total. The number of thioether (sulfide) groups is 1. The van der Waals surface area contributed by atoms with Crippen LogP contribution in [0.5, 0.6) is 0 Å². The van der Waals surface area contributed by atoms with Crippen molar-refractivity contribution in [2.45, 2.75) is 36.8 Å². The number of rotatable bonds is 6. The maximum atomic E-state index is 12.9. The van der Waals surface area contributed by atoms with E-state index in [1.165, 1.54) is 23.9 Å². The van der Waals surface area contributed by atoms with Crippen LogP contribution >= 0.6 is 11.8 Å². The van der Waals surface area contributed by atoms with Crippen LogP contribution in [0.4, 0.5) is 5.69 Å². The molecule has 29 heavy (non-hydrogen) atoms. The van der Waals surface area contributed by atoms with Crippen molar-refractivity contribution in [3.05, 3.63) is 80.9 Å². The summed E-state index contributed by atoms with van der Waals surface area (Å²) in [4.78, 5) is 38.7. The summed E-state index contributed by atoms with van der Waals surface area (Å²) in [5, 5.41) is 10.7. The molecule has 0 bridgehead atoms. The largest absolute Gasteiger partial charge is 0.456 e. The van der Waals surface area contributed by atoms with Crippen LogP contribution in [0.1, 0.15) is 25.3 Å². The summed E-state index contributed by atoms with van der Waals surface area (Å²) >= 11 is 1.47. The number of non-ortho nitro benzene ring substituents is 1. The zero-order chi connectivity index (χ0) is 20.6. The third kappa shape index (κ3) is 3.63. The van der Waals surface area contributed by atoms with E-state index in [2.05, 4.69) is 0 Å². The van der Waals surface area contributed by atoms with Crippen molar-refractivity contribution in [2.24, 2.45) is 0 Å². The van der Waals surface area contributed by atoms with E-state index in [0.717, 1.165) is 9.80 Å². The Kier molecular flexibility index (Phi) is 4.87. The fourth-order valence-corrected chi connectivity index (χ4v) is 4.87. The average Bonchev–Trinajstić information content (AvgIpc) is 2.93. The predicted octanol–water partition coefficient (Wildman–Crippen LogP) is 4.04. The summed E-state index contributed by atoms with van der Waals surface area (Å²) in [5.41, 5.74) is 0.537. The molecule has 2 heterocycles. The van der Waals surface area contributed by atoms with Crippen molar-refractivity contribution in [2.75, 3.05) is 0 Å². The van der Waals surface area contributed by atoms with E-state index in [1.54, 1.807) is 17.0 Å². The van der Waals surface area contributed by atoms with Gasteiger partial charge in [-0.25, -0.2) is 4.79 Å². The topological polar surface area (TPSA) is 89.8 Å². The second-order valence-corrected chi connectivity index (χ2v) is 8.43. The monoisotopic (exact) mass is 410 g/mol. The fraction of sp³-hybridized carbons (Fsp3) is 0.238. The Hall–Kier alpha value is -3.13. The van der Waals surface area contributed by atoms with Gasteiger partial charge < -0.3 is 4.74 Å². The average molecular weight is 410 g/mol. The van der Waals surface area contributed by atoms with Crippen molar-refractivity contribution in [3.8, 4) is 0 Å². The molecule has 1 amide bonds. The van der Waals surface area contributed by atoms with Gasteiger partial charge in [-0.2, -0.15) is 0 Å². The number of hydrogen-bond donors (Lipinski definition) is 0. The minimum Gasteiger partial charge on any atom is -0.456 e. The van der Waals surface area contributed by atoms with Crippen LogP contribution in [0, 0.1) is 10.1 Å². The first-order valence-electron chi connectivity index (χ1n) is 9.07. The predicted molar refractivity (Wildman–Crippen MR) is 107 cm³/mol. The second-order valence-electron chi connectivity index (χ2n) is 7.27. The molecule has 1 atom stereocenters. The summed E-state index contributed by atoms with van der Waals surface area (Å²) in [7, 11) is 0. The van der Waals surface area contributed by atoms with E-state index in [4.69, 9.17) is 4.74 Å². The van der Waals surface area contributed by atoms with Gasteiger partial charge in [0, 0.05) is 28.4 Å². The van der Waals surface area contributed by atoms with Gasteiger partial charge in [0.1, 0.15) is 12.3 Å². The van der Waals surface area contributed by atoms with E-state index in [0.29, 0.717) is 24.1 Å². The van der Waals surface area contributed by atoms with E-state index >= 15 is 0 Å². The van der Waals surface area contributed by atoms with Gasteiger partial charge in [-0.3, -0.25) is 19.8 Å². The van der Waals surface area contributed by atoms with Crippen molar-refractivity contribution >= 4 is 29.3 Å². The molecule has 0 radical (unpaired) electrons. The Labute approximate surface area is 171 Å². The standard InChI is InChI=1S/C21H18N2O5S/c1-21-11-17(29-16-5-3-2-4-6-16)19(22(21)18(24)12-21)20(25)28-13-14-7-9-15(10-8-14)23(26)27/h2-10H,11-13H2,1H3. The highest BCUT2D eigenvalue weighted by Gasteiger charge is 2.56. The molecule has 0 aliphatic carbocycles. The van der Waals surface area contributed by atoms with Crippen molar-refractivity contribution < 1.29 is 19.2 Å². The summed E-state index contributed by atoms with van der Waals surface area (Å²) < 4.78 is 5.45. The van der Waals surface area contributed by atoms with Crippen LogP contribution in [0.25, 0.3) is 0 Å². The zero-order valence-electron chi connectivity index (χ0n) is 15.7. The van der Waals surface area contributed by atoms with Crippen LogP contribution in [0.2, 0.25) is 0 Å². The van der Waals surface area contributed by atoms with Gasteiger partial charge in [0.05, 0.1) is 16.9 Å². The van der Waals surface area contributed by atoms with Gasteiger partial charge in [-0.15, -0.1) is 0 Å². The Balaban J connectivity index is 1.53. The third-order valence-corrected chi connectivity index (χ3v) is 6.14. The van der Waals surface area contributed by atoms with Crippen LogP contribution in [0.3, 0.4) is 0 Å². The second kappa shape index (κ2) is 7.36. The van der Waals surface area contributed by atoms with E-state index in [1.807, 2.05) is 37.3 Å². The number of nitrogens with zero attached hydrogens (tertiary/aromatic N) is 2. The highest BCUT2D eigenvalue weighted by molar-refractivity contribution is 8.03. The Morgan fingerprint density at radius 2 is 1.86 bits per heavy atom. The maximum Gasteiger partial charge on any atom is 0.356 e. The summed E-state index contributed by atoms with van der Waals surface area (Å²) in [6.07, 6.45) is 1.02. The number of nitro groups is 1. The number of amides is 1. The van der Waals surface area contributed by atoms with Gasteiger partial charge in [0.15, 0.2) is 0 Å². The molecule has 1 saturated heterocycles. The van der Waals surface area contributed by atoms with Crippen LogP contribution in [-0.4, -0.2) is 27.2 Å². The Morgan fingerprint density at radius 1 is 1.17 bits per heavy atom. The number of hydrogen-bond acceptors (Lipinski definition) is 6. The minimum atomic E-state index is -0.557. The highest BCUT2D eigenvalue weighted by Crippen LogP contribution is 2.51. The first kappa shape index (κ1) is 19.2. The molecule has 1 fully saturated rings. The lowest BCUT2D eigenvalue weighted by molar-refractivity contribution is -0.384. The molecule has 0 aromatic heterocycles. The van der Waals surface area contributed by atoms with Crippen LogP contribution in [-0.2, 0) is 20.9 Å². The van der Waals surface area contributed by atoms with Crippen molar-refractivity contribution in [1.82, 2.24) is 4.90 Å². The van der Waals surface area contributed by atoms with Gasteiger partial charge >= 0.3 is 5.97 Å². The molecule has 8 heteroatoms. The van der Waals surface area contributed by atoms with Crippen molar-refractivity contribution in [1.29, 1.82) is 0 Å². The van der Waals surface area contributed by atoms with Gasteiger partial charge in [-0.1, -0.05) is 30.0 Å². The third-order valence-electron chi connectivity index (χ3n) is 5.05. The fourth-order valence-electron chi connectivity index (χ4n) is 3.64. The van der Waals surface area contributed by atoms with E-state index in [9.17, 15) is 19.7 Å². The van der Waals surface area contributed by atoms with E-state index in [-0.39, 0.29) is 23.7 Å². The molecule has 0 spiro atoms. The first-order chi connectivity index (χ1) is 13.9. The first-order valence-corrected chi connectivity index (χ1v) is 9.89. The van der Waals surface area contributed by atoms with Gasteiger partial charge in [0.2, 0.25) is 5.91 Å². The lowest BCUT2D eigenvalue weighted by atomic mass is 9.86. The van der Waals surface area contributed by atoms with Gasteiger partial charge in [0.25, 0.3) is 5.69 Å². The van der Waals surface area contributed by atoms with Crippen LogP contribution < -0.4 is 0 Å². The molecular formula is C21H18N2O5S. The maximum absolute atomic E-state index is 12.9. The number of β-lactam (4-membered cyclic amide) rings is 1. The molecule has 0 saturated carbocycles. The SMILES string of the molecule is CC12CC(=O)N1C(C(=O)OCc1ccc([N+](=O)[O-])cc1)=C(Sc1ccccc1)C2. The lowest BCUT2D eigenvalue weighted by Crippen LogP contribution is -2.58. The smallest absolute Gasteiger partial charge is 0.356 e. The normalized spacial score (nSPS) is 20.3. The van der Waals surface area contributed by atoms with Crippen LogP contribution in [0.15, 0.2) is 70.1 Å². The summed E-state index contributed by atoms with van der Waals surface area (Å²) in [6.45, 7) is 1.94. The molecule has 2 aromatic rings. The number of fused-ring (bicyclic) bond motifs is 1. The number of benzene rings is 2. The number of carbonyl (C=O) groups is 2. The zero-order valence-corrected chi connectivity index (χ0v) is 16.5. The minimum absolute atomic E-state index is 0.0254. The summed E-state index contributed by atoms with van der Waals surface area (Å²) in [5.74, 6) is -0.642. The molecule has 0 N–H and O–H groups in total. The molecule has 1 unspecified atom stereocenters. The lowest BCUT2D eigenvalue weighted by Gasteiger charge is -2.45. The number of ether oxygens (including phenoxy) is 1. The number of esters is 1. The molecule has 2 aliphatic heterocycles. The molecule has 4 rings (SSSR count). The quantitative estimate of drug-likeness (QED) is 0.309. The molecule has 148 valence electrons. The number of carbonyl (C=O) groups excluding carboxylic acids is 2.